The number of ether oxygens (including phenoxy) is 2. The van der Waals surface area contributed by atoms with E-state index in [9.17, 15) is 9.59 Å². The van der Waals surface area contributed by atoms with Gasteiger partial charge in [0.05, 0.1) is 25.3 Å². The van der Waals surface area contributed by atoms with Crippen LogP contribution in [0, 0.1) is 27.7 Å². The van der Waals surface area contributed by atoms with Gasteiger partial charge in [-0.3, -0.25) is 0 Å². The van der Waals surface area contributed by atoms with Crippen molar-refractivity contribution in [2.45, 2.75) is 79.1 Å². The van der Waals surface area contributed by atoms with Gasteiger partial charge in [-0.15, -0.1) is 0 Å². The number of hydrogen-bond donors (Lipinski definition) is 0. The second-order valence-corrected chi connectivity index (χ2v) is 15.0. The molecule has 266 valence electrons. The van der Waals surface area contributed by atoms with Crippen molar-refractivity contribution in [3.05, 3.63) is 164 Å². The van der Waals surface area contributed by atoms with Gasteiger partial charge in [0.25, 0.3) is 0 Å². The van der Waals surface area contributed by atoms with Gasteiger partial charge in [-0.05, 0) is 142 Å². The fourth-order valence-corrected chi connectivity index (χ4v) is 7.96. The molecular formula is C48H50O4. The zero-order chi connectivity index (χ0) is 37.4. The number of carbonyl (C=O) groups is 2. The summed E-state index contributed by atoms with van der Waals surface area (Å²) < 4.78 is 10.2. The first-order chi connectivity index (χ1) is 24.8. The summed E-state index contributed by atoms with van der Waals surface area (Å²) in [7, 11) is 2.83. The maximum atomic E-state index is 12.6. The van der Waals surface area contributed by atoms with Crippen LogP contribution in [0.5, 0.6) is 0 Å². The predicted molar refractivity (Wildman–Crippen MR) is 213 cm³/mol. The third-order valence-corrected chi connectivity index (χ3v) is 10.9. The molecule has 2 atom stereocenters. The lowest BCUT2D eigenvalue weighted by atomic mass is 9.72. The first kappa shape index (κ1) is 36.6. The van der Waals surface area contributed by atoms with Gasteiger partial charge in [-0.2, -0.15) is 0 Å². The highest BCUT2D eigenvalue weighted by molar-refractivity contribution is 5.90. The summed E-state index contributed by atoms with van der Waals surface area (Å²) in [5.74, 6) is -0.274. The van der Waals surface area contributed by atoms with Gasteiger partial charge in [0, 0.05) is 11.8 Å². The van der Waals surface area contributed by atoms with Crippen molar-refractivity contribution in [2.24, 2.45) is 0 Å². The van der Waals surface area contributed by atoms with Crippen LogP contribution in [0.25, 0.3) is 22.3 Å². The number of hydrogen-bond acceptors (Lipinski definition) is 4. The number of methoxy groups -OCH3 is 2. The van der Waals surface area contributed by atoms with Crippen LogP contribution in [0.3, 0.4) is 0 Å². The minimum atomic E-state index is -0.363. The molecule has 0 fully saturated rings. The molecule has 0 heterocycles. The summed E-state index contributed by atoms with van der Waals surface area (Å²) in [5, 5.41) is 0. The molecule has 6 rings (SSSR count). The Balaban J connectivity index is 1.71. The predicted octanol–water partition coefficient (Wildman–Crippen LogP) is 11.9. The molecule has 4 heteroatoms. The largest absolute Gasteiger partial charge is 0.465 e. The second kappa shape index (κ2) is 14.8. The molecule has 4 aliphatic carbocycles. The van der Waals surface area contributed by atoms with Crippen molar-refractivity contribution >= 4 is 11.9 Å². The molecule has 0 bridgehead atoms. The van der Waals surface area contributed by atoms with Crippen molar-refractivity contribution in [3.63, 3.8) is 0 Å². The lowest BCUT2D eigenvalue weighted by Crippen LogP contribution is -2.16. The van der Waals surface area contributed by atoms with E-state index in [0.717, 1.165) is 11.1 Å². The maximum Gasteiger partial charge on any atom is 0.337 e. The zero-order valence-electron chi connectivity index (χ0n) is 32.2. The summed E-state index contributed by atoms with van der Waals surface area (Å²) in [6.45, 7) is 17.8. The molecule has 4 aliphatic rings. The lowest BCUT2D eigenvalue weighted by Gasteiger charge is -2.31. The van der Waals surface area contributed by atoms with Crippen molar-refractivity contribution in [1.29, 1.82) is 0 Å². The van der Waals surface area contributed by atoms with E-state index in [-0.39, 0.29) is 23.8 Å². The van der Waals surface area contributed by atoms with Gasteiger partial charge in [0.1, 0.15) is 0 Å². The Kier molecular flexibility index (Phi) is 10.4. The van der Waals surface area contributed by atoms with Crippen LogP contribution in [0.1, 0.15) is 128 Å². The lowest BCUT2D eigenvalue weighted by molar-refractivity contribution is 0.0592. The van der Waals surface area contributed by atoms with E-state index in [1.54, 1.807) is 0 Å². The molecular weight excluding hydrogens is 641 g/mol. The van der Waals surface area contributed by atoms with E-state index < -0.39 is 0 Å². The van der Waals surface area contributed by atoms with Crippen LogP contribution in [0.15, 0.2) is 97.1 Å². The number of esters is 2. The summed E-state index contributed by atoms with van der Waals surface area (Å²) in [5.41, 5.74) is 18.2. The Morgan fingerprint density at radius 2 is 0.769 bits per heavy atom. The van der Waals surface area contributed by atoms with Crippen LogP contribution < -0.4 is 0 Å². The van der Waals surface area contributed by atoms with E-state index in [1.165, 1.54) is 81.0 Å². The smallest absolute Gasteiger partial charge is 0.337 e. The topological polar surface area (TPSA) is 52.6 Å². The van der Waals surface area contributed by atoms with E-state index in [1.807, 2.05) is 24.3 Å². The number of fused-ring (bicyclic) bond motifs is 2. The van der Waals surface area contributed by atoms with Gasteiger partial charge in [0.15, 0.2) is 0 Å². The third-order valence-electron chi connectivity index (χ3n) is 10.9. The van der Waals surface area contributed by atoms with Gasteiger partial charge >= 0.3 is 11.9 Å². The van der Waals surface area contributed by atoms with Gasteiger partial charge in [-0.25, -0.2) is 9.59 Å². The number of carbonyl (C=O) groups excluding carboxylic acids is 2. The number of rotatable bonds is 9. The Hall–Kier alpha value is -5.22. The maximum absolute atomic E-state index is 12.6. The minimum absolute atomic E-state index is 0.157. The Morgan fingerprint density at radius 3 is 1.08 bits per heavy atom. The van der Waals surface area contributed by atoms with E-state index >= 15 is 0 Å². The van der Waals surface area contributed by atoms with Crippen LogP contribution >= 0.6 is 0 Å². The quantitative estimate of drug-likeness (QED) is 0.142. The molecule has 0 amide bonds. The van der Waals surface area contributed by atoms with Gasteiger partial charge in [0.2, 0.25) is 0 Å². The normalized spacial score (nSPS) is 12.8. The molecule has 4 nitrogen and oxygen atoms in total. The van der Waals surface area contributed by atoms with Crippen LogP contribution in [-0.2, 0) is 9.47 Å². The molecule has 0 radical (unpaired) electrons. The first-order valence-electron chi connectivity index (χ1n) is 18.3. The third kappa shape index (κ3) is 6.75. The summed E-state index contributed by atoms with van der Waals surface area (Å²) >= 11 is 0. The van der Waals surface area contributed by atoms with E-state index in [0.29, 0.717) is 23.0 Å². The standard InChI is InChI=1S/C48H50O4/c1-27(2)37-13-11-29(5)43-39(25-37)31(7)23-41(43)45(33-15-19-35(20-16-33)47(49)51-9)46(34-17-21-36(22-18-34)48(50)52-10)42-24-32(8)40-26-38(28(3)4)14-12-30(6)44(40)42/h11-28,45-46H,1-10H3/t45-,46-/m0/s1. The molecule has 52 heavy (non-hydrogen) atoms. The fourth-order valence-electron chi connectivity index (χ4n) is 7.96. The molecule has 0 N–H and O–H groups in total. The van der Waals surface area contributed by atoms with Crippen molar-refractivity contribution < 1.29 is 19.1 Å². The Morgan fingerprint density at radius 1 is 0.442 bits per heavy atom. The first-order valence-corrected chi connectivity index (χ1v) is 18.3. The molecule has 0 unspecified atom stereocenters. The van der Waals surface area contributed by atoms with Crippen LogP contribution in [0.2, 0.25) is 0 Å². The van der Waals surface area contributed by atoms with Crippen LogP contribution in [-0.4, -0.2) is 26.2 Å². The highest BCUT2D eigenvalue weighted by Crippen LogP contribution is 2.53. The summed E-state index contributed by atoms with van der Waals surface area (Å²) in [6, 6.07) is 34.4. The number of benzene rings is 2. The highest BCUT2D eigenvalue weighted by Gasteiger charge is 2.36. The average Bonchev–Trinajstić information content (AvgIpc) is 3.47. The van der Waals surface area contributed by atoms with Gasteiger partial charge < -0.3 is 9.47 Å². The SMILES string of the molecule is COC(=O)c1ccc([C@@H](c2cc(C)c3cc(C(C)C)ccc(C)c2-3)[C@@H](c2ccc(C(=O)OC)cc2)c2cc(C)c3cc(C(C)C)ccc(C)c2-3)cc1. The molecule has 0 spiro atoms. The van der Waals surface area contributed by atoms with E-state index in [2.05, 4.69) is 128 Å². The molecule has 0 saturated heterocycles. The minimum Gasteiger partial charge on any atom is -0.465 e. The average molecular weight is 691 g/mol. The molecule has 0 aliphatic heterocycles. The molecule has 2 aromatic carbocycles. The van der Waals surface area contributed by atoms with E-state index in [4.69, 9.17) is 9.47 Å². The van der Waals surface area contributed by atoms with Crippen LogP contribution in [0.4, 0.5) is 0 Å². The summed E-state index contributed by atoms with van der Waals surface area (Å²) in [6.07, 6.45) is 0. The van der Waals surface area contributed by atoms with Crippen molar-refractivity contribution in [1.82, 2.24) is 0 Å². The zero-order valence-corrected chi connectivity index (χ0v) is 32.2. The Labute approximate surface area is 309 Å². The summed E-state index contributed by atoms with van der Waals surface area (Å²) in [4.78, 5) is 25.3. The fraction of sp³-hybridized carbons (Fsp3) is 0.292. The molecule has 2 aromatic rings. The monoisotopic (exact) mass is 690 g/mol. The highest BCUT2D eigenvalue weighted by atomic mass is 16.5. The Bertz CT molecular complexity index is 2030. The second-order valence-electron chi connectivity index (χ2n) is 15.0. The van der Waals surface area contributed by atoms with Crippen molar-refractivity contribution in [3.8, 4) is 22.3 Å². The van der Waals surface area contributed by atoms with Crippen molar-refractivity contribution in [2.75, 3.05) is 14.2 Å². The molecule has 0 aromatic heterocycles. The van der Waals surface area contributed by atoms with Gasteiger partial charge in [-0.1, -0.05) is 100 Å². The number of aryl methyl sites for hydroxylation is 4. The molecule has 0 saturated carbocycles.